The number of nitrogens with two attached hydrogens (primary N) is 1. The van der Waals surface area contributed by atoms with Crippen molar-refractivity contribution in [3.8, 4) is 0 Å². The zero-order chi connectivity index (χ0) is 10.8. The zero-order valence-electron chi connectivity index (χ0n) is 8.21. The SMILES string of the molecule is NCCCn1cc(Cl)c2cc(Cl)ccc21. The number of aromatic nitrogens is 1. The Hall–Kier alpha value is -0.700. The minimum Gasteiger partial charge on any atom is -0.346 e. The van der Waals surface area contributed by atoms with Gasteiger partial charge >= 0.3 is 0 Å². The van der Waals surface area contributed by atoms with Crippen molar-refractivity contribution in [3.63, 3.8) is 0 Å². The van der Waals surface area contributed by atoms with Crippen LogP contribution < -0.4 is 5.73 Å². The smallest absolute Gasteiger partial charge is 0.0661 e. The van der Waals surface area contributed by atoms with E-state index in [0.29, 0.717) is 11.6 Å². The van der Waals surface area contributed by atoms with Gasteiger partial charge in [0.05, 0.1) is 5.02 Å². The van der Waals surface area contributed by atoms with Gasteiger partial charge in [0.15, 0.2) is 0 Å². The molecule has 0 aliphatic rings. The second-order valence-corrected chi connectivity index (χ2v) is 4.32. The maximum absolute atomic E-state index is 6.12. The van der Waals surface area contributed by atoms with E-state index < -0.39 is 0 Å². The molecule has 1 aromatic carbocycles. The van der Waals surface area contributed by atoms with Gasteiger partial charge in [0.2, 0.25) is 0 Å². The monoisotopic (exact) mass is 242 g/mol. The number of benzene rings is 1. The molecule has 15 heavy (non-hydrogen) atoms. The highest BCUT2D eigenvalue weighted by atomic mass is 35.5. The van der Waals surface area contributed by atoms with Gasteiger partial charge in [-0.3, -0.25) is 0 Å². The molecule has 0 aliphatic carbocycles. The summed E-state index contributed by atoms with van der Waals surface area (Å²) in [4.78, 5) is 0. The largest absolute Gasteiger partial charge is 0.346 e. The van der Waals surface area contributed by atoms with E-state index >= 15 is 0 Å². The van der Waals surface area contributed by atoms with Gasteiger partial charge < -0.3 is 10.3 Å². The Morgan fingerprint density at radius 1 is 1.27 bits per heavy atom. The van der Waals surface area contributed by atoms with Crippen LogP contribution in [0.5, 0.6) is 0 Å². The van der Waals surface area contributed by atoms with E-state index in [1.165, 1.54) is 0 Å². The second kappa shape index (κ2) is 4.44. The van der Waals surface area contributed by atoms with Crippen LogP contribution in [0.3, 0.4) is 0 Å². The third-order valence-electron chi connectivity index (χ3n) is 2.40. The molecule has 2 N–H and O–H groups in total. The Labute approximate surface area is 98.6 Å². The average molecular weight is 243 g/mol. The summed E-state index contributed by atoms with van der Waals surface area (Å²) < 4.78 is 2.11. The molecule has 0 fully saturated rings. The minimum atomic E-state index is 0.685. The van der Waals surface area contributed by atoms with E-state index in [4.69, 9.17) is 28.9 Å². The predicted octanol–water partition coefficient (Wildman–Crippen LogP) is 3.30. The molecular weight excluding hydrogens is 231 g/mol. The third-order valence-corrected chi connectivity index (χ3v) is 2.93. The van der Waals surface area contributed by atoms with Gasteiger partial charge in [-0.15, -0.1) is 0 Å². The van der Waals surface area contributed by atoms with E-state index in [1.54, 1.807) is 0 Å². The van der Waals surface area contributed by atoms with Crippen LogP contribution in [0.15, 0.2) is 24.4 Å². The molecule has 4 heteroatoms. The van der Waals surface area contributed by atoms with E-state index in [-0.39, 0.29) is 0 Å². The number of rotatable bonds is 3. The van der Waals surface area contributed by atoms with E-state index in [1.807, 2.05) is 24.4 Å². The van der Waals surface area contributed by atoms with Crippen LogP contribution in [-0.2, 0) is 6.54 Å². The van der Waals surface area contributed by atoms with Crippen molar-refractivity contribution >= 4 is 34.1 Å². The van der Waals surface area contributed by atoms with Crippen molar-refractivity contribution in [2.45, 2.75) is 13.0 Å². The van der Waals surface area contributed by atoms with Crippen molar-refractivity contribution in [2.24, 2.45) is 5.73 Å². The molecule has 0 amide bonds. The first-order valence-corrected chi connectivity index (χ1v) is 5.62. The normalized spacial score (nSPS) is 11.1. The molecular formula is C11H12Cl2N2. The van der Waals surface area contributed by atoms with Gasteiger partial charge in [-0.2, -0.15) is 0 Å². The Kier molecular flexibility index (Phi) is 3.19. The maximum Gasteiger partial charge on any atom is 0.0661 e. The summed E-state index contributed by atoms with van der Waals surface area (Å²) in [6, 6.07) is 5.75. The lowest BCUT2D eigenvalue weighted by molar-refractivity contribution is 0.671. The summed E-state index contributed by atoms with van der Waals surface area (Å²) in [7, 11) is 0. The number of nitrogens with zero attached hydrogens (tertiary/aromatic N) is 1. The quantitative estimate of drug-likeness (QED) is 0.880. The van der Waals surface area contributed by atoms with Crippen molar-refractivity contribution in [3.05, 3.63) is 34.4 Å². The van der Waals surface area contributed by atoms with E-state index in [0.717, 1.165) is 28.9 Å². The van der Waals surface area contributed by atoms with E-state index in [9.17, 15) is 0 Å². The number of hydrogen-bond donors (Lipinski definition) is 1. The standard InChI is InChI=1S/C11H12Cl2N2/c12-8-2-3-11-9(6-8)10(13)7-15(11)5-1-4-14/h2-3,6-7H,1,4-5,14H2. The zero-order valence-corrected chi connectivity index (χ0v) is 9.72. The highest BCUT2D eigenvalue weighted by molar-refractivity contribution is 6.37. The molecule has 0 unspecified atom stereocenters. The maximum atomic E-state index is 6.12. The van der Waals surface area contributed by atoms with Gasteiger partial charge in [0, 0.05) is 28.7 Å². The summed E-state index contributed by atoms with van der Waals surface area (Å²) in [6.45, 7) is 1.58. The predicted molar refractivity (Wildman–Crippen MR) is 65.6 cm³/mol. The lowest BCUT2D eigenvalue weighted by Gasteiger charge is -2.03. The van der Waals surface area contributed by atoms with Crippen LogP contribution in [0.2, 0.25) is 10.0 Å². The van der Waals surface area contributed by atoms with Gasteiger partial charge in [-0.05, 0) is 31.2 Å². The minimum absolute atomic E-state index is 0.685. The topological polar surface area (TPSA) is 30.9 Å². The molecule has 0 saturated heterocycles. The molecule has 0 atom stereocenters. The lowest BCUT2D eigenvalue weighted by atomic mass is 10.2. The van der Waals surface area contributed by atoms with Crippen molar-refractivity contribution in [2.75, 3.05) is 6.54 Å². The molecule has 0 saturated carbocycles. The summed E-state index contributed by atoms with van der Waals surface area (Å²) in [5.41, 5.74) is 6.59. The first-order valence-electron chi connectivity index (χ1n) is 4.86. The fourth-order valence-corrected chi connectivity index (χ4v) is 2.11. The molecule has 2 rings (SSSR count). The molecule has 80 valence electrons. The first-order chi connectivity index (χ1) is 7.22. The highest BCUT2D eigenvalue weighted by Crippen LogP contribution is 2.28. The van der Waals surface area contributed by atoms with Crippen LogP contribution in [0.1, 0.15) is 6.42 Å². The third kappa shape index (κ3) is 2.12. The average Bonchev–Trinajstić information content (AvgIpc) is 2.53. The fraction of sp³-hybridized carbons (Fsp3) is 0.273. The van der Waals surface area contributed by atoms with Crippen molar-refractivity contribution < 1.29 is 0 Å². The van der Waals surface area contributed by atoms with Crippen LogP contribution >= 0.6 is 23.2 Å². The van der Waals surface area contributed by atoms with Crippen LogP contribution in [-0.4, -0.2) is 11.1 Å². The van der Waals surface area contributed by atoms with Gasteiger partial charge in [0.25, 0.3) is 0 Å². The summed E-state index contributed by atoms with van der Waals surface area (Å²) in [5.74, 6) is 0. The van der Waals surface area contributed by atoms with Crippen molar-refractivity contribution in [1.29, 1.82) is 0 Å². The Morgan fingerprint density at radius 3 is 2.80 bits per heavy atom. The number of aryl methyl sites for hydroxylation is 1. The molecule has 0 aliphatic heterocycles. The van der Waals surface area contributed by atoms with Gasteiger partial charge in [-0.1, -0.05) is 23.2 Å². The molecule has 0 spiro atoms. The molecule has 2 aromatic rings. The van der Waals surface area contributed by atoms with Crippen LogP contribution in [0.25, 0.3) is 10.9 Å². The molecule has 1 aromatic heterocycles. The fourth-order valence-electron chi connectivity index (χ4n) is 1.67. The summed E-state index contributed by atoms with van der Waals surface area (Å²) >= 11 is 12.0. The molecule has 1 heterocycles. The summed E-state index contributed by atoms with van der Waals surface area (Å²) in [5, 5.41) is 2.45. The number of halogens is 2. The Balaban J connectivity index is 2.48. The molecule has 0 radical (unpaired) electrons. The van der Waals surface area contributed by atoms with Gasteiger partial charge in [0.1, 0.15) is 0 Å². The molecule has 0 bridgehead atoms. The highest BCUT2D eigenvalue weighted by Gasteiger charge is 2.06. The van der Waals surface area contributed by atoms with Crippen LogP contribution in [0, 0.1) is 0 Å². The summed E-state index contributed by atoms with van der Waals surface area (Å²) in [6.07, 6.45) is 2.88. The van der Waals surface area contributed by atoms with Crippen molar-refractivity contribution in [1.82, 2.24) is 4.57 Å². The lowest BCUT2D eigenvalue weighted by Crippen LogP contribution is -2.04. The molecule has 2 nitrogen and oxygen atoms in total. The van der Waals surface area contributed by atoms with E-state index in [2.05, 4.69) is 4.57 Å². The Bertz CT molecular complexity index is 477. The number of hydrogen-bond acceptors (Lipinski definition) is 1. The Morgan fingerprint density at radius 2 is 2.07 bits per heavy atom. The number of fused-ring (bicyclic) bond motifs is 1. The second-order valence-electron chi connectivity index (χ2n) is 3.47. The van der Waals surface area contributed by atoms with Crippen LogP contribution in [0.4, 0.5) is 0 Å². The van der Waals surface area contributed by atoms with Gasteiger partial charge in [-0.25, -0.2) is 0 Å². The first kappa shape index (κ1) is 10.8.